The number of hydrogen-bond acceptors (Lipinski definition) is 0. The number of rotatable bonds is 2. The van der Waals surface area contributed by atoms with Crippen LogP contribution in [0.4, 0.5) is 8.78 Å². The average Bonchev–Trinajstić information content (AvgIpc) is 1.88. The minimum Gasteiger partial charge on any atom is -0.210 e. The van der Waals surface area contributed by atoms with Gasteiger partial charge in [-0.15, -0.1) is 0 Å². The summed E-state index contributed by atoms with van der Waals surface area (Å²) in [5.41, 5.74) is 0.637. The standard InChI is InChI=1S/C8H7F2/c9-8(10)6-7-4-2-1-3-5-7/h1-2,4-5,8H,6H2. The van der Waals surface area contributed by atoms with Crippen LogP contribution in [0.1, 0.15) is 5.56 Å². The minimum atomic E-state index is -2.25. The lowest BCUT2D eigenvalue weighted by atomic mass is 10.2. The van der Waals surface area contributed by atoms with Crippen LogP contribution in [0.2, 0.25) is 0 Å². The maximum atomic E-state index is 11.7. The van der Waals surface area contributed by atoms with Crippen molar-refractivity contribution in [2.24, 2.45) is 0 Å². The zero-order valence-corrected chi connectivity index (χ0v) is 5.35. The van der Waals surface area contributed by atoms with Gasteiger partial charge >= 0.3 is 0 Å². The molecule has 1 rings (SSSR count). The second kappa shape index (κ2) is 3.30. The number of alkyl halides is 2. The molecule has 0 fully saturated rings. The summed E-state index contributed by atoms with van der Waals surface area (Å²) in [6.07, 6.45) is -2.42. The van der Waals surface area contributed by atoms with Gasteiger partial charge in [0.15, 0.2) is 0 Å². The Morgan fingerprint density at radius 3 is 2.80 bits per heavy atom. The summed E-state index contributed by atoms with van der Waals surface area (Å²) < 4.78 is 23.4. The molecule has 0 nitrogen and oxygen atoms in total. The van der Waals surface area contributed by atoms with E-state index in [1.54, 1.807) is 24.3 Å². The van der Waals surface area contributed by atoms with Crippen molar-refractivity contribution >= 4 is 0 Å². The third-order valence-electron chi connectivity index (χ3n) is 1.16. The highest BCUT2D eigenvalue weighted by molar-refractivity contribution is 5.13. The van der Waals surface area contributed by atoms with Crippen molar-refractivity contribution in [3.8, 4) is 0 Å². The van der Waals surface area contributed by atoms with E-state index in [0.29, 0.717) is 5.56 Å². The summed E-state index contributed by atoms with van der Waals surface area (Å²) in [5, 5.41) is 0. The van der Waals surface area contributed by atoms with E-state index < -0.39 is 6.43 Å². The molecular weight excluding hydrogens is 134 g/mol. The van der Waals surface area contributed by atoms with Crippen LogP contribution < -0.4 is 0 Å². The fraction of sp³-hybridized carbons (Fsp3) is 0.250. The quantitative estimate of drug-likeness (QED) is 0.592. The average molecular weight is 141 g/mol. The Labute approximate surface area is 58.5 Å². The highest BCUT2D eigenvalue weighted by atomic mass is 19.3. The molecule has 0 atom stereocenters. The molecule has 1 aromatic carbocycles. The molecule has 0 saturated heterocycles. The second-order valence-corrected chi connectivity index (χ2v) is 2.01. The fourth-order valence-electron chi connectivity index (χ4n) is 0.736. The fourth-order valence-corrected chi connectivity index (χ4v) is 0.736. The van der Waals surface area contributed by atoms with E-state index >= 15 is 0 Å². The van der Waals surface area contributed by atoms with Gasteiger partial charge in [0, 0.05) is 6.42 Å². The molecule has 0 aliphatic carbocycles. The first kappa shape index (κ1) is 7.19. The number of benzene rings is 1. The maximum Gasteiger partial charge on any atom is 0.242 e. The summed E-state index contributed by atoms with van der Waals surface area (Å²) in [5.74, 6) is 0. The van der Waals surface area contributed by atoms with Crippen molar-refractivity contribution in [2.45, 2.75) is 12.8 Å². The molecule has 2 heteroatoms. The first-order valence-electron chi connectivity index (χ1n) is 3.02. The van der Waals surface area contributed by atoms with E-state index in [-0.39, 0.29) is 6.42 Å². The Kier molecular flexibility index (Phi) is 2.37. The maximum absolute atomic E-state index is 11.7. The summed E-state index contributed by atoms with van der Waals surface area (Å²) in [4.78, 5) is 0. The molecule has 53 valence electrons. The Balaban J connectivity index is 2.59. The highest BCUT2D eigenvalue weighted by Gasteiger charge is 2.01. The van der Waals surface area contributed by atoms with Gasteiger partial charge in [0.1, 0.15) is 0 Å². The SMILES string of the molecule is FC(F)Cc1c[c]ccc1. The van der Waals surface area contributed by atoms with Crippen molar-refractivity contribution in [3.05, 3.63) is 35.9 Å². The van der Waals surface area contributed by atoms with Crippen LogP contribution in [-0.2, 0) is 6.42 Å². The molecule has 1 aromatic rings. The topological polar surface area (TPSA) is 0 Å². The second-order valence-electron chi connectivity index (χ2n) is 2.01. The molecule has 0 aromatic heterocycles. The zero-order valence-electron chi connectivity index (χ0n) is 5.35. The van der Waals surface area contributed by atoms with Gasteiger partial charge in [-0.1, -0.05) is 24.3 Å². The van der Waals surface area contributed by atoms with E-state index in [1.807, 2.05) is 0 Å². The molecule has 0 amide bonds. The molecular formula is C8H7F2. The lowest BCUT2D eigenvalue weighted by molar-refractivity contribution is 0.149. The van der Waals surface area contributed by atoms with Gasteiger partial charge in [-0.05, 0) is 11.6 Å². The molecule has 0 saturated carbocycles. The van der Waals surface area contributed by atoms with E-state index in [0.717, 1.165) is 0 Å². The lowest BCUT2D eigenvalue weighted by Gasteiger charge is -1.96. The summed E-state index contributed by atoms with van der Waals surface area (Å²) in [6, 6.07) is 9.37. The first-order valence-corrected chi connectivity index (χ1v) is 3.02. The normalized spacial score (nSPS) is 10.3. The molecule has 10 heavy (non-hydrogen) atoms. The van der Waals surface area contributed by atoms with Gasteiger partial charge in [0.2, 0.25) is 6.43 Å². The molecule has 0 bridgehead atoms. The van der Waals surface area contributed by atoms with Gasteiger partial charge in [-0.3, -0.25) is 0 Å². The Morgan fingerprint density at radius 1 is 1.50 bits per heavy atom. The molecule has 0 N–H and O–H groups in total. The van der Waals surface area contributed by atoms with Crippen LogP contribution >= 0.6 is 0 Å². The Bertz CT molecular complexity index is 182. The Hall–Kier alpha value is -0.920. The smallest absolute Gasteiger partial charge is 0.210 e. The van der Waals surface area contributed by atoms with Crippen molar-refractivity contribution in [1.82, 2.24) is 0 Å². The van der Waals surface area contributed by atoms with Crippen LogP contribution in [-0.4, -0.2) is 6.43 Å². The number of hydrogen-bond donors (Lipinski definition) is 0. The summed E-state index contributed by atoms with van der Waals surface area (Å²) in [7, 11) is 0. The highest BCUT2D eigenvalue weighted by Crippen LogP contribution is 2.05. The van der Waals surface area contributed by atoms with E-state index in [4.69, 9.17) is 0 Å². The predicted molar refractivity (Wildman–Crippen MR) is 35.0 cm³/mol. The Morgan fingerprint density at radius 2 is 2.30 bits per heavy atom. The van der Waals surface area contributed by atoms with Crippen LogP contribution in [0.5, 0.6) is 0 Å². The van der Waals surface area contributed by atoms with E-state index in [9.17, 15) is 8.78 Å². The number of halogens is 2. The van der Waals surface area contributed by atoms with Crippen molar-refractivity contribution in [1.29, 1.82) is 0 Å². The van der Waals surface area contributed by atoms with Gasteiger partial charge in [0.25, 0.3) is 0 Å². The largest absolute Gasteiger partial charge is 0.242 e. The molecule has 0 aliphatic heterocycles. The van der Waals surface area contributed by atoms with Crippen LogP contribution in [0.15, 0.2) is 24.3 Å². The van der Waals surface area contributed by atoms with E-state index in [2.05, 4.69) is 6.07 Å². The molecule has 0 spiro atoms. The third-order valence-corrected chi connectivity index (χ3v) is 1.16. The predicted octanol–water partition coefficient (Wildman–Crippen LogP) is 2.29. The molecule has 0 heterocycles. The van der Waals surface area contributed by atoms with Crippen LogP contribution in [0, 0.1) is 6.07 Å². The monoisotopic (exact) mass is 141 g/mol. The van der Waals surface area contributed by atoms with Gasteiger partial charge in [0.05, 0.1) is 0 Å². The van der Waals surface area contributed by atoms with Crippen LogP contribution in [0.25, 0.3) is 0 Å². The third kappa shape index (κ3) is 2.13. The van der Waals surface area contributed by atoms with Crippen molar-refractivity contribution in [2.75, 3.05) is 0 Å². The van der Waals surface area contributed by atoms with E-state index in [1.165, 1.54) is 0 Å². The van der Waals surface area contributed by atoms with Gasteiger partial charge in [-0.2, -0.15) is 0 Å². The lowest BCUT2D eigenvalue weighted by Crippen LogP contribution is -1.95. The van der Waals surface area contributed by atoms with Crippen molar-refractivity contribution in [3.63, 3.8) is 0 Å². The summed E-state index contributed by atoms with van der Waals surface area (Å²) >= 11 is 0. The first-order chi connectivity index (χ1) is 4.79. The van der Waals surface area contributed by atoms with Gasteiger partial charge < -0.3 is 0 Å². The minimum absolute atomic E-state index is 0.169. The van der Waals surface area contributed by atoms with Gasteiger partial charge in [-0.25, -0.2) is 8.78 Å². The van der Waals surface area contributed by atoms with Crippen molar-refractivity contribution < 1.29 is 8.78 Å². The molecule has 0 aliphatic rings. The zero-order chi connectivity index (χ0) is 7.40. The summed E-state index contributed by atoms with van der Waals surface area (Å²) in [6.45, 7) is 0. The molecule has 0 unspecified atom stereocenters. The van der Waals surface area contributed by atoms with Crippen LogP contribution in [0.3, 0.4) is 0 Å². The molecule has 1 radical (unpaired) electrons.